The van der Waals surface area contributed by atoms with Crippen molar-refractivity contribution in [3.05, 3.63) is 0 Å². The monoisotopic (exact) mass is 321 g/mol. The van der Waals surface area contributed by atoms with Gasteiger partial charge in [-0.3, -0.25) is 9.59 Å². The Morgan fingerprint density at radius 3 is 1.95 bits per heavy atom. The molecule has 0 N–H and O–H groups in total. The predicted molar refractivity (Wildman–Crippen MR) is 57.0 cm³/mol. The van der Waals surface area contributed by atoms with Gasteiger partial charge >= 0.3 is 18.3 Å². The van der Waals surface area contributed by atoms with Gasteiger partial charge in [0.15, 0.2) is 0 Å². The Labute approximate surface area is 116 Å². The number of carbonyl (C=O) groups is 2. The maximum atomic E-state index is 12.5. The molecular formula is C11H13F6NO3. The SMILES string of the molecule is CCOC(=O)CN(C(=O)C(C(F)(F)F)C(F)(F)F)C1CC1. The van der Waals surface area contributed by atoms with Crippen LogP contribution in [0.5, 0.6) is 0 Å². The van der Waals surface area contributed by atoms with Gasteiger partial charge in [0.25, 0.3) is 0 Å². The molecule has 0 aliphatic heterocycles. The number of hydrogen-bond donors (Lipinski definition) is 0. The van der Waals surface area contributed by atoms with Gasteiger partial charge < -0.3 is 9.64 Å². The summed E-state index contributed by atoms with van der Waals surface area (Å²) in [5.74, 6) is -7.33. The van der Waals surface area contributed by atoms with Crippen LogP contribution in [-0.4, -0.2) is 48.3 Å². The highest BCUT2D eigenvalue weighted by molar-refractivity contribution is 5.85. The zero-order valence-corrected chi connectivity index (χ0v) is 10.9. The topological polar surface area (TPSA) is 46.6 Å². The van der Waals surface area contributed by atoms with Crippen molar-refractivity contribution < 1.29 is 40.7 Å². The van der Waals surface area contributed by atoms with Crippen molar-refractivity contribution in [3.8, 4) is 0 Å². The van der Waals surface area contributed by atoms with Crippen LogP contribution < -0.4 is 0 Å². The number of halogens is 6. The van der Waals surface area contributed by atoms with Crippen molar-refractivity contribution in [1.29, 1.82) is 0 Å². The van der Waals surface area contributed by atoms with Crippen LogP contribution in [0, 0.1) is 5.92 Å². The minimum Gasteiger partial charge on any atom is -0.465 e. The first-order chi connectivity index (χ1) is 9.48. The Kier molecular flexibility index (Phi) is 5.11. The summed E-state index contributed by atoms with van der Waals surface area (Å²) in [6.07, 6.45) is -11.0. The number of ether oxygens (including phenoxy) is 1. The standard InChI is InChI=1S/C11H13F6NO3/c1-2-21-7(19)5-18(6-3-4-6)9(20)8(10(12,13)14)11(15,16)17/h6,8H,2-5H2,1H3. The first kappa shape index (κ1) is 17.6. The van der Waals surface area contributed by atoms with Crippen molar-refractivity contribution >= 4 is 11.9 Å². The summed E-state index contributed by atoms with van der Waals surface area (Å²) >= 11 is 0. The van der Waals surface area contributed by atoms with Gasteiger partial charge in [-0.05, 0) is 19.8 Å². The molecule has 0 aromatic heterocycles. The summed E-state index contributed by atoms with van der Waals surface area (Å²) in [7, 11) is 0. The molecule has 0 atom stereocenters. The number of nitrogens with zero attached hydrogens (tertiary/aromatic N) is 1. The number of amides is 1. The second-order valence-corrected chi connectivity index (χ2v) is 4.52. The second-order valence-electron chi connectivity index (χ2n) is 4.52. The van der Waals surface area contributed by atoms with Crippen molar-refractivity contribution in [2.45, 2.75) is 38.2 Å². The third-order valence-electron chi connectivity index (χ3n) is 2.78. The molecule has 1 aliphatic carbocycles. The van der Waals surface area contributed by atoms with Crippen molar-refractivity contribution in [3.63, 3.8) is 0 Å². The lowest BCUT2D eigenvalue weighted by molar-refractivity contribution is -0.277. The van der Waals surface area contributed by atoms with Gasteiger partial charge in [-0.15, -0.1) is 0 Å². The fourth-order valence-electron chi connectivity index (χ4n) is 1.75. The van der Waals surface area contributed by atoms with Crippen molar-refractivity contribution in [2.75, 3.05) is 13.2 Å². The van der Waals surface area contributed by atoms with Gasteiger partial charge in [0.1, 0.15) is 6.54 Å². The molecule has 0 spiro atoms. The number of hydrogen-bond acceptors (Lipinski definition) is 3. The zero-order valence-electron chi connectivity index (χ0n) is 10.9. The van der Waals surface area contributed by atoms with Crippen LogP contribution in [0.2, 0.25) is 0 Å². The maximum absolute atomic E-state index is 12.5. The van der Waals surface area contributed by atoms with E-state index in [2.05, 4.69) is 4.74 Å². The number of rotatable bonds is 5. The van der Waals surface area contributed by atoms with Gasteiger partial charge in [0, 0.05) is 6.04 Å². The second kappa shape index (κ2) is 6.10. The highest BCUT2D eigenvalue weighted by Gasteiger charge is 2.63. The lowest BCUT2D eigenvalue weighted by Crippen LogP contribution is -2.51. The van der Waals surface area contributed by atoms with Gasteiger partial charge in [-0.2, -0.15) is 26.3 Å². The summed E-state index contributed by atoms with van der Waals surface area (Å²) in [6.45, 7) is 0.420. The number of carbonyl (C=O) groups excluding carboxylic acids is 2. The average Bonchev–Trinajstić information content (AvgIpc) is 3.05. The van der Waals surface area contributed by atoms with Crippen LogP contribution in [0.3, 0.4) is 0 Å². The molecule has 1 aliphatic rings. The van der Waals surface area contributed by atoms with Crippen LogP contribution in [0.4, 0.5) is 26.3 Å². The van der Waals surface area contributed by atoms with Crippen LogP contribution in [-0.2, 0) is 14.3 Å². The van der Waals surface area contributed by atoms with Gasteiger partial charge in [-0.1, -0.05) is 0 Å². The molecule has 0 bridgehead atoms. The lowest BCUT2D eigenvalue weighted by atomic mass is 10.1. The summed E-state index contributed by atoms with van der Waals surface area (Å²) in [6, 6.07) is -0.783. The molecule has 10 heteroatoms. The van der Waals surface area contributed by atoms with E-state index in [0.29, 0.717) is 4.90 Å². The molecule has 0 aromatic carbocycles. The van der Waals surface area contributed by atoms with Crippen LogP contribution in [0.1, 0.15) is 19.8 Å². The number of alkyl halides is 6. The fourth-order valence-corrected chi connectivity index (χ4v) is 1.75. The number of esters is 1. The Morgan fingerprint density at radius 2 is 1.62 bits per heavy atom. The summed E-state index contributed by atoms with van der Waals surface area (Å²) in [5, 5.41) is 0. The summed E-state index contributed by atoms with van der Waals surface area (Å²) in [4.78, 5) is 23.2. The van der Waals surface area contributed by atoms with Crippen molar-refractivity contribution in [2.24, 2.45) is 5.92 Å². The molecule has 0 heterocycles. The van der Waals surface area contributed by atoms with Crippen LogP contribution >= 0.6 is 0 Å². The highest BCUT2D eigenvalue weighted by Crippen LogP contribution is 2.42. The van der Waals surface area contributed by atoms with E-state index in [4.69, 9.17) is 0 Å². The van der Waals surface area contributed by atoms with Crippen molar-refractivity contribution in [1.82, 2.24) is 4.90 Å². The average molecular weight is 321 g/mol. The minimum atomic E-state index is -5.77. The predicted octanol–water partition coefficient (Wildman–Crippen LogP) is 2.28. The van der Waals surface area contributed by atoms with Gasteiger partial charge in [0.2, 0.25) is 11.8 Å². The molecule has 1 rings (SSSR count). The van der Waals surface area contributed by atoms with Crippen LogP contribution in [0.15, 0.2) is 0 Å². The van der Waals surface area contributed by atoms with E-state index in [0.717, 1.165) is 0 Å². The normalized spacial score (nSPS) is 16.0. The van der Waals surface area contributed by atoms with Gasteiger partial charge in [-0.25, -0.2) is 0 Å². The van der Waals surface area contributed by atoms with E-state index in [1.165, 1.54) is 6.92 Å². The van der Waals surface area contributed by atoms with E-state index in [1.807, 2.05) is 0 Å². The first-order valence-corrected chi connectivity index (χ1v) is 6.08. The summed E-state index contributed by atoms with van der Waals surface area (Å²) in [5.41, 5.74) is 0. The fraction of sp³-hybridized carbons (Fsp3) is 0.818. The zero-order chi connectivity index (χ0) is 16.4. The highest BCUT2D eigenvalue weighted by atomic mass is 19.4. The largest absolute Gasteiger partial charge is 0.465 e. The van der Waals surface area contributed by atoms with E-state index < -0.39 is 42.7 Å². The minimum absolute atomic E-state index is 0.0898. The molecule has 1 fully saturated rings. The molecule has 1 amide bonds. The molecule has 1 saturated carbocycles. The molecule has 122 valence electrons. The molecule has 0 unspecified atom stereocenters. The van der Waals surface area contributed by atoms with E-state index >= 15 is 0 Å². The lowest BCUT2D eigenvalue weighted by Gasteiger charge is -2.29. The third-order valence-corrected chi connectivity index (χ3v) is 2.78. The Bertz CT molecular complexity index is 388. The quantitative estimate of drug-likeness (QED) is 0.576. The third kappa shape index (κ3) is 4.78. The summed E-state index contributed by atoms with van der Waals surface area (Å²) < 4.78 is 79.5. The first-order valence-electron chi connectivity index (χ1n) is 6.08. The molecule has 0 saturated heterocycles. The van der Waals surface area contributed by atoms with E-state index in [-0.39, 0.29) is 19.4 Å². The molecule has 0 radical (unpaired) electrons. The Hall–Kier alpha value is -1.48. The molecule has 4 nitrogen and oxygen atoms in total. The maximum Gasteiger partial charge on any atom is 0.409 e. The molecule has 0 aromatic rings. The Morgan fingerprint density at radius 1 is 1.14 bits per heavy atom. The van der Waals surface area contributed by atoms with E-state index in [1.54, 1.807) is 0 Å². The molecule has 21 heavy (non-hydrogen) atoms. The molecular weight excluding hydrogens is 308 g/mol. The van der Waals surface area contributed by atoms with Crippen LogP contribution in [0.25, 0.3) is 0 Å². The smallest absolute Gasteiger partial charge is 0.409 e. The Balaban J connectivity index is 2.95. The van der Waals surface area contributed by atoms with Gasteiger partial charge in [0.05, 0.1) is 6.61 Å². The van der Waals surface area contributed by atoms with E-state index in [9.17, 15) is 35.9 Å².